The van der Waals surface area contributed by atoms with Gasteiger partial charge >= 0.3 is 0 Å². The number of carbonyl (C=O) groups is 1. The number of aromatic nitrogens is 1. The second kappa shape index (κ2) is 6.05. The number of nitrogens with two attached hydrogens (primary N) is 1. The van der Waals surface area contributed by atoms with Crippen LogP contribution in [-0.2, 0) is 0 Å². The third kappa shape index (κ3) is 3.19. The number of rotatable bonds is 5. The molecule has 1 heterocycles. The average Bonchev–Trinajstić information content (AvgIpc) is 3.38. The van der Waals surface area contributed by atoms with Crippen molar-refractivity contribution in [1.29, 1.82) is 0 Å². The molecule has 0 bridgehead atoms. The lowest BCUT2D eigenvalue weighted by molar-refractivity contribution is 0.0926. The van der Waals surface area contributed by atoms with Crippen LogP contribution >= 0.6 is 0 Å². The first-order chi connectivity index (χ1) is 10.7. The summed E-state index contributed by atoms with van der Waals surface area (Å²) in [4.78, 5) is 16.4. The molecule has 0 saturated heterocycles. The van der Waals surface area contributed by atoms with Gasteiger partial charge in [-0.1, -0.05) is 12.1 Å². The Balaban J connectivity index is 1.76. The molecule has 1 atom stereocenters. The van der Waals surface area contributed by atoms with Crippen LogP contribution in [0.15, 0.2) is 42.6 Å². The number of amides is 1. The number of nitrogens with one attached hydrogen (secondary N) is 1. The highest BCUT2D eigenvalue weighted by Gasteiger charge is 2.33. The maximum Gasteiger partial charge on any atom is 0.270 e. The van der Waals surface area contributed by atoms with Crippen LogP contribution in [0.4, 0.5) is 5.69 Å². The maximum absolute atomic E-state index is 12.4. The molecule has 5 nitrogen and oxygen atoms in total. The van der Waals surface area contributed by atoms with E-state index in [1.54, 1.807) is 19.2 Å². The van der Waals surface area contributed by atoms with Crippen molar-refractivity contribution in [2.45, 2.75) is 18.9 Å². The summed E-state index contributed by atoms with van der Waals surface area (Å²) < 4.78 is 5.18. The number of methoxy groups -OCH3 is 1. The summed E-state index contributed by atoms with van der Waals surface area (Å²) in [6.45, 7) is 0. The van der Waals surface area contributed by atoms with Crippen molar-refractivity contribution >= 4 is 11.6 Å². The van der Waals surface area contributed by atoms with E-state index in [2.05, 4.69) is 10.3 Å². The first kappa shape index (κ1) is 14.4. The fourth-order valence-electron chi connectivity index (χ4n) is 2.47. The number of hydrogen-bond donors (Lipinski definition) is 2. The molecular weight excluding hydrogens is 278 g/mol. The standard InChI is InChI=1S/C17H19N3O2/c1-22-14-7-4-12(5-8-14)16(11-2-3-11)20-17(21)15-9-6-13(18)10-19-15/h4-11,16H,2-3,18H2,1H3,(H,20,21). The lowest BCUT2D eigenvalue weighted by Gasteiger charge is -2.19. The number of carbonyl (C=O) groups excluding carboxylic acids is 1. The van der Waals surface area contributed by atoms with Gasteiger partial charge in [-0.25, -0.2) is 4.98 Å². The SMILES string of the molecule is COc1ccc(C(NC(=O)c2ccc(N)cn2)C2CC2)cc1. The van der Waals surface area contributed by atoms with Crippen LogP contribution in [0, 0.1) is 5.92 Å². The minimum absolute atomic E-state index is 0.0118. The van der Waals surface area contributed by atoms with Crippen LogP contribution in [0.25, 0.3) is 0 Å². The number of nitrogens with zero attached hydrogens (tertiary/aromatic N) is 1. The highest BCUT2D eigenvalue weighted by atomic mass is 16.5. The predicted octanol–water partition coefficient (Wildman–Crippen LogP) is 2.55. The summed E-state index contributed by atoms with van der Waals surface area (Å²) in [6, 6.07) is 11.2. The lowest BCUT2D eigenvalue weighted by atomic mass is 10.0. The smallest absolute Gasteiger partial charge is 0.270 e. The summed E-state index contributed by atoms with van der Waals surface area (Å²) in [5.41, 5.74) is 7.62. The Hall–Kier alpha value is -2.56. The topological polar surface area (TPSA) is 77.2 Å². The first-order valence-corrected chi connectivity index (χ1v) is 7.33. The number of pyridine rings is 1. The molecule has 1 aromatic carbocycles. The molecule has 114 valence electrons. The van der Waals surface area contributed by atoms with E-state index < -0.39 is 0 Å². The summed E-state index contributed by atoms with van der Waals surface area (Å²) in [6.07, 6.45) is 3.76. The summed E-state index contributed by atoms with van der Waals surface area (Å²) >= 11 is 0. The molecule has 3 N–H and O–H groups in total. The molecule has 1 amide bonds. The molecule has 5 heteroatoms. The molecular formula is C17H19N3O2. The van der Waals surface area contributed by atoms with Gasteiger partial charge in [0, 0.05) is 0 Å². The minimum atomic E-state index is -0.173. The number of nitrogen functional groups attached to an aromatic ring is 1. The Kier molecular flexibility index (Phi) is 3.96. The second-order valence-corrected chi connectivity index (χ2v) is 5.54. The first-order valence-electron chi connectivity index (χ1n) is 7.33. The van der Waals surface area contributed by atoms with Crippen molar-refractivity contribution in [3.05, 3.63) is 53.9 Å². The fraction of sp³-hybridized carbons (Fsp3) is 0.294. The average molecular weight is 297 g/mol. The lowest BCUT2D eigenvalue weighted by Crippen LogP contribution is -2.30. The number of hydrogen-bond acceptors (Lipinski definition) is 4. The van der Waals surface area contributed by atoms with Gasteiger partial charge in [0.05, 0.1) is 25.0 Å². The van der Waals surface area contributed by atoms with Gasteiger partial charge in [-0.15, -0.1) is 0 Å². The van der Waals surface area contributed by atoms with Crippen molar-refractivity contribution < 1.29 is 9.53 Å². The van der Waals surface area contributed by atoms with Crippen LogP contribution in [0.5, 0.6) is 5.75 Å². The third-order valence-electron chi connectivity index (χ3n) is 3.87. The molecule has 3 rings (SSSR count). The minimum Gasteiger partial charge on any atom is -0.497 e. The molecule has 2 aromatic rings. The van der Waals surface area contributed by atoms with E-state index in [4.69, 9.17) is 10.5 Å². The van der Waals surface area contributed by atoms with Crippen LogP contribution in [0.3, 0.4) is 0 Å². The zero-order valence-corrected chi connectivity index (χ0v) is 12.5. The highest BCUT2D eigenvalue weighted by Crippen LogP contribution is 2.41. The normalized spacial score (nSPS) is 15.1. The highest BCUT2D eigenvalue weighted by molar-refractivity contribution is 5.92. The van der Waals surface area contributed by atoms with Gasteiger partial charge in [-0.3, -0.25) is 4.79 Å². The fourth-order valence-corrected chi connectivity index (χ4v) is 2.47. The van der Waals surface area contributed by atoms with E-state index in [-0.39, 0.29) is 11.9 Å². The molecule has 1 unspecified atom stereocenters. The predicted molar refractivity (Wildman–Crippen MR) is 84.6 cm³/mol. The molecule has 22 heavy (non-hydrogen) atoms. The maximum atomic E-state index is 12.4. The molecule has 0 spiro atoms. The Labute approximate surface area is 129 Å². The van der Waals surface area contributed by atoms with E-state index in [1.165, 1.54) is 6.20 Å². The van der Waals surface area contributed by atoms with E-state index in [0.29, 0.717) is 17.3 Å². The molecule has 1 saturated carbocycles. The Bertz CT molecular complexity index is 649. The van der Waals surface area contributed by atoms with Gasteiger partial charge in [0.15, 0.2) is 0 Å². The van der Waals surface area contributed by atoms with Gasteiger partial charge in [-0.2, -0.15) is 0 Å². The largest absolute Gasteiger partial charge is 0.497 e. The van der Waals surface area contributed by atoms with Gasteiger partial charge < -0.3 is 15.8 Å². The van der Waals surface area contributed by atoms with Gasteiger partial charge in [0.2, 0.25) is 0 Å². The zero-order chi connectivity index (χ0) is 15.5. The quantitative estimate of drug-likeness (QED) is 0.889. The van der Waals surface area contributed by atoms with Crippen molar-refractivity contribution in [3.63, 3.8) is 0 Å². The molecule has 1 fully saturated rings. The second-order valence-electron chi connectivity index (χ2n) is 5.54. The molecule has 1 aromatic heterocycles. The van der Waals surface area contributed by atoms with Crippen molar-refractivity contribution in [2.24, 2.45) is 5.92 Å². The zero-order valence-electron chi connectivity index (χ0n) is 12.5. The van der Waals surface area contributed by atoms with Crippen molar-refractivity contribution in [3.8, 4) is 5.75 Å². The van der Waals surface area contributed by atoms with Crippen molar-refractivity contribution in [1.82, 2.24) is 10.3 Å². The van der Waals surface area contributed by atoms with Crippen LogP contribution in [0.1, 0.15) is 34.9 Å². The molecule has 1 aliphatic carbocycles. The summed E-state index contributed by atoms with van der Waals surface area (Å²) in [5, 5.41) is 3.09. The van der Waals surface area contributed by atoms with Gasteiger partial charge in [-0.05, 0) is 48.6 Å². The van der Waals surface area contributed by atoms with Crippen LogP contribution in [-0.4, -0.2) is 18.0 Å². The molecule has 0 radical (unpaired) electrons. The van der Waals surface area contributed by atoms with Crippen LogP contribution in [0.2, 0.25) is 0 Å². The summed E-state index contributed by atoms with van der Waals surface area (Å²) in [7, 11) is 1.64. The van der Waals surface area contributed by atoms with Crippen molar-refractivity contribution in [2.75, 3.05) is 12.8 Å². The van der Waals surface area contributed by atoms with E-state index >= 15 is 0 Å². The van der Waals surface area contributed by atoms with Crippen LogP contribution < -0.4 is 15.8 Å². The van der Waals surface area contributed by atoms with E-state index in [9.17, 15) is 4.79 Å². The summed E-state index contributed by atoms with van der Waals surface area (Å²) in [5.74, 6) is 1.13. The van der Waals surface area contributed by atoms with E-state index in [0.717, 1.165) is 24.2 Å². The number of benzene rings is 1. The third-order valence-corrected chi connectivity index (χ3v) is 3.87. The number of anilines is 1. The Morgan fingerprint density at radius 3 is 2.55 bits per heavy atom. The number of ether oxygens (including phenoxy) is 1. The van der Waals surface area contributed by atoms with Gasteiger partial charge in [0.25, 0.3) is 5.91 Å². The Morgan fingerprint density at radius 2 is 2.00 bits per heavy atom. The molecule has 0 aliphatic heterocycles. The molecule has 1 aliphatic rings. The van der Waals surface area contributed by atoms with Gasteiger partial charge in [0.1, 0.15) is 11.4 Å². The monoisotopic (exact) mass is 297 g/mol. The van der Waals surface area contributed by atoms with E-state index in [1.807, 2.05) is 24.3 Å². The Morgan fingerprint density at radius 1 is 1.27 bits per heavy atom.